The summed E-state index contributed by atoms with van der Waals surface area (Å²) >= 11 is 0. The van der Waals surface area contributed by atoms with Gasteiger partial charge in [-0.2, -0.15) is 18.3 Å². The minimum Gasteiger partial charge on any atom is -0.265 e. The molecule has 2 rings (SSSR count). The Bertz CT molecular complexity index is 549. The molecule has 3 nitrogen and oxygen atoms in total. The zero-order valence-electron chi connectivity index (χ0n) is 10.2. The van der Waals surface area contributed by atoms with Gasteiger partial charge in [-0.1, -0.05) is 6.92 Å². The third-order valence-corrected chi connectivity index (χ3v) is 2.79. The van der Waals surface area contributed by atoms with Crippen LogP contribution in [0, 0.1) is 0 Å². The van der Waals surface area contributed by atoms with E-state index in [4.69, 9.17) is 7.85 Å². The molecule has 0 spiro atoms. The van der Waals surface area contributed by atoms with Crippen LogP contribution in [0.2, 0.25) is 0 Å². The molecule has 0 fully saturated rings. The second kappa shape index (κ2) is 4.72. The van der Waals surface area contributed by atoms with Crippen LogP contribution < -0.4 is 0 Å². The van der Waals surface area contributed by atoms with E-state index in [0.29, 0.717) is 5.69 Å². The Labute approximate surface area is 109 Å². The molecule has 98 valence electrons. The summed E-state index contributed by atoms with van der Waals surface area (Å²) in [6, 6.07) is 4.91. The lowest BCUT2D eigenvalue weighted by molar-refractivity contribution is -0.142. The number of rotatable bonds is 3. The first-order valence-corrected chi connectivity index (χ1v) is 5.59. The van der Waals surface area contributed by atoms with E-state index in [-0.39, 0.29) is 0 Å². The van der Waals surface area contributed by atoms with Crippen LogP contribution in [0.5, 0.6) is 0 Å². The lowest BCUT2D eigenvalue weighted by Crippen LogP contribution is -2.25. The van der Waals surface area contributed by atoms with E-state index in [1.54, 1.807) is 31.5 Å². The average molecular weight is 265 g/mol. The van der Waals surface area contributed by atoms with Crippen LogP contribution in [0.3, 0.4) is 0 Å². The quantitative estimate of drug-likeness (QED) is 0.797. The molecule has 0 N–H and O–H groups in total. The van der Waals surface area contributed by atoms with E-state index >= 15 is 0 Å². The SMILES string of the molecule is [B]C(C)(c1ccncc1)c1ccn(CC(F)(F)F)n1. The van der Waals surface area contributed by atoms with Crippen LogP contribution in [-0.4, -0.2) is 28.8 Å². The topological polar surface area (TPSA) is 30.7 Å². The molecule has 0 aliphatic rings. The predicted octanol–water partition coefficient (Wildman–Crippen LogP) is 2.27. The van der Waals surface area contributed by atoms with Crippen molar-refractivity contribution in [2.45, 2.75) is 25.0 Å². The van der Waals surface area contributed by atoms with Gasteiger partial charge in [0, 0.05) is 18.6 Å². The summed E-state index contributed by atoms with van der Waals surface area (Å²) < 4.78 is 37.6. The molecule has 0 aromatic carbocycles. The lowest BCUT2D eigenvalue weighted by atomic mass is 9.64. The Morgan fingerprint density at radius 1 is 1.21 bits per heavy atom. The highest BCUT2D eigenvalue weighted by atomic mass is 19.4. The maximum absolute atomic E-state index is 12.3. The normalized spacial score (nSPS) is 15.2. The van der Waals surface area contributed by atoms with Crippen molar-refractivity contribution in [3.63, 3.8) is 0 Å². The van der Waals surface area contributed by atoms with E-state index in [0.717, 1.165) is 10.2 Å². The highest BCUT2D eigenvalue weighted by molar-refractivity contribution is 6.17. The second-order valence-corrected chi connectivity index (χ2v) is 4.45. The summed E-state index contributed by atoms with van der Waals surface area (Å²) in [7, 11) is 6.15. The molecule has 0 amide bonds. The van der Waals surface area contributed by atoms with Gasteiger partial charge >= 0.3 is 6.18 Å². The molecule has 2 radical (unpaired) electrons. The number of alkyl halides is 3. The number of nitrogens with zero attached hydrogens (tertiary/aromatic N) is 3. The van der Waals surface area contributed by atoms with Gasteiger partial charge in [0.2, 0.25) is 0 Å². The smallest absolute Gasteiger partial charge is 0.265 e. The Morgan fingerprint density at radius 2 is 1.84 bits per heavy atom. The van der Waals surface area contributed by atoms with E-state index in [1.807, 2.05) is 0 Å². The minimum absolute atomic E-state index is 0.378. The first-order chi connectivity index (χ1) is 8.79. The van der Waals surface area contributed by atoms with Crippen LogP contribution in [0.25, 0.3) is 0 Å². The second-order valence-electron chi connectivity index (χ2n) is 4.45. The van der Waals surface area contributed by atoms with Gasteiger partial charge in [0.25, 0.3) is 0 Å². The molecule has 0 saturated carbocycles. The van der Waals surface area contributed by atoms with Crippen LogP contribution in [0.15, 0.2) is 36.8 Å². The van der Waals surface area contributed by atoms with E-state index in [2.05, 4.69) is 10.1 Å². The summed E-state index contributed by atoms with van der Waals surface area (Å²) in [6.07, 6.45) is 0.125. The van der Waals surface area contributed by atoms with Crippen molar-refractivity contribution in [1.82, 2.24) is 14.8 Å². The van der Waals surface area contributed by atoms with Crippen molar-refractivity contribution in [2.75, 3.05) is 0 Å². The summed E-state index contributed by atoms with van der Waals surface area (Å²) in [5.74, 6) is 0. The van der Waals surface area contributed by atoms with Gasteiger partial charge in [-0.15, -0.1) is 0 Å². The summed E-state index contributed by atoms with van der Waals surface area (Å²) in [6.45, 7) is 0.571. The number of hydrogen-bond donors (Lipinski definition) is 0. The van der Waals surface area contributed by atoms with Gasteiger partial charge in [-0.3, -0.25) is 9.67 Å². The van der Waals surface area contributed by atoms with Crippen molar-refractivity contribution in [2.24, 2.45) is 0 Å². The molecule has 1 unspecified atom stereocenters. The summed E-state index contributed by atoms with van der Waals surface area (Å²) in [5.41, 5.74) is 1.11. The highest BCUT2D eigenvalue weighted by Crippen LogP contribution is 2.27. The molecule has 2 heterocycles. The maximum Gasteiger partial charge on any atom is 0.408 e. The lowest BCUT2D eigenvalue weighted by Gasteiger charge is -2.23. The first kappa shape index (κ1) is 13.6. The molecule has 2 aromatic rings. The third-order valence-electron chi connectivity index (χ3n) is 2.79. The molecule has 19 heavy (non-hydrogen) atoms. The molecule has 0 bridgehead atoms. The molecule has 7 heteroatoms. The molecule has 0 aliphatic carbocycles. The van der Waals surface area contributed by atoms with Gasteiger partial charge in [0.05, 0.1) is 13.5 Å². The van der Waals surface area contributed by atoms with Crippen molar-refractivity contribution in [1.29, 1.82) is 0 Å². The molecular weight excluding hydrogens is 254 g/mol. The van der Waals surface area contributed by atoms with E-state index in [1.165, 1.54) is 12.3 Å². The minimum atomic E-state index is -4.30. The third kappa shape index (κ3) is 3.16. The summed E-state index contributed by atoms with van der Waals surface area (Å²) in [4.78, 5) is 3.88. The van der Waals surface area contributed by atoms with Crippen LogP contribution in [-0.2, 0) is 11.9 Å². The maximum atomic E-state index is 12.3. The molecular formula is C12H11BF3N3. The number of halogens is 3. The Morgan fingerprint density at radius 3 is 2.42 bits per heavy atom. The van der Waals surface area contributed by atoms with E-state index in [9.17, 15) is 13.2 Å². The van der Waals surface area contributed by atoms with Gasteiger partial charge in [-0.25, -0.2) is 0 Å². The fourth-order valence-corrected chi connectivity index (χ4v) is 1.76. The summed E-state index contributed by atoms with van der Waals surface area (Å²) in [5, 5.41) is 2.94. The van der Waals surface area contributed by atoms with Gasteiger partial charge < -0.3 is 0 Å². The predicted molar refractivity (Wildman–Crippen MR) is 64.7 cm³/mol. The van der Waals surface area contributed by atoms with Gasteiger partial charge in [0.15, 0.2) is 0 Å². The van der Waals surface area contributed by atoms with Crippen LogP contribution >= 0.6 is 0 Å². The molecule has 1 atom stereocenters. The Kier molecular flexibility index (Phi) is 3.39. The number of pyridine rings is 1. The largest absolute Gasteiger partial charge is 0.408 e. The van der Waals surface area contributed by atoms with Crippen molar-refractivity contribution >= 4 is 7.85 Å². The van der Waals surface area contributed by atoms with Crippen molar-refractivity contribution < 1.29 is 13.2 Å². The molecule has 0 aliphatic heterocycles. The van der Waals surface area contributed by atoms with E-state index < -0.39 is 18.0 Å². The van der Waals surface area contributed by atoms with Crippen LogP contribution in [0.4, 0.5) is 13.2 Å². The fraction of sp³-hybridized carbons (Fsp3) is 0.333. The fourth-order valence-electron chi connectivity index (χ4n) is 1.76. The van der Waals surface area contributed by atoms with Crippen LogP contribution in [0.1, 0.15) is 18.2 Å². The zero-order chi connectivity index (χ0) is 14.1. The average Bonchev–Trinajstić information content (AvgIpc) is 2.77. The zero-order valence-corrected chi connectivity index (χ0v) is 10.2. The van der Waals surface area contributed by atoms with Crippen molar-refractivity contribution in [3.05, 3.63) is 48.0 Å². The highest BCUT2D eigenvalue weighted by Gasteiger charge is 2.30. The molecule has 0 saturated heterocycles. The standard InChI is InChI=1S/C12H11BF3N3/c1-11(13,9-2-5-17-6-3-9)10-4-7-19(18-10)8-12(14,15)16/h2-7H,8H2,1H3. The molecule has 2 aromatic heterocycles. The first-order valence-electron chi connectivity index (χ1n) is 5.59. The van der Waals surface area contributed by atoms with Crippen molar-refractivity contribution in [3.8, 4) is 0 Å². The number of aromatic nitrogens is 3. The Balaban J connectivity index is 2.27. The van der Waals surface area contributed by atoms with Gasteiger partial charge in [0.1, 0.15) is 6.54 Å². The monoisotopic (exact) mass is 265 g/mol. The number of hydrogen-bond acceptors (Lipinski definition) is 2. The van der Waals surface area contributed by atoms with Gasteiger partial charge in [-0.05, 0) is 29.1 Å². The Hall–Kier alpha value is -1.79.